The lowest BCUT2D eigenvalue weighted by atomic mass is 9.99. The second-order valence-electron chi connectivity index (χ2n) is 7.71. The Morgan fingerprint density at radius 3 is 2.58 bits per heavy atom. The van der Waals surface area contributed by atoms with Crippen molar-refractivity contribution in [2.45, 2.75) is 31.5 Å². The maximum atomic E-state index is 13.7. The summed E-state index contributed by atoms with van der Waals surface area (Å²) in [6.45, 7) is 0.558. The first-order valence-corrected chi connectivity index (χ1v) is 12.1. The molecule has 180 valence electrons. The minimum atomic E-state index is -3.63. The molecule has 1 aliphatic heterocycles. The molecule has 0 fully saturated rings. The van der Waals surface area contributed by atoms with E-state index in [4.69, 9.17) is 9.47 Å². The maximum Gasteiger partial charge on any atom is 0.241 e. The van der Waals surface area contributed by atoms with E-state index in [-0.39, 0.29) is 13.0 Å². The maximum absolute atomic E-state index is 13.7. The van der Waals surface area contributed by atoms with Gasteiger partial charge in [-0.15, -0.1) is 0 Å². The summed E-state index contributed by atoms with van der Waals surface area (Å²) in [4.78, 5) is 1.47. The van der Waals surface area contributed by atoms with Crippen molar-refractivity contribution < 1.29 is 31.8 Å². The van der Waals surface area contributed by atoms with Gasteiger partial charge >= 0.3 is 0 Å². The Labute approximate surface area is 191 Å². The van der Waals surface area contributed by atoms with Crippen LogP contribution in [0.25, 0.3) is 0 Å². The van der Waals surface area contributed by atoms with Crippen LogP contribution in [-0.4, -0.2) is 56.8 Å². The molecule has 1 aliphatic rings. The van der Waals surface area contributed by atoms with Crippen LogP contribution in [0, 0.1) is 11.6 Å². The van der Waals surface area contributed by atoms with Crippen molar-refractivity contribution in [3.63, 3.8) is 0 Å². The van der Waals surface area contributed by atoms with Crippen molar-refractivity contribution in [2.75, 3.05) is 19.9 Å². The molecule has 11 heteroatoms. The van der Waals surface area contributed by atoms with Crippen molar-refractivity contribution in [1.82, 2.24) is 14.9 Å². The fourth-order valence-electron chi connectivity index (χ4n) is 3.58. The molecule has 0 aromatic heterocycles. The van der Waals surface area contributed by atoms with Gasteiger partial charge < -0.3 is 24.8 Å². The molecule has 3 N–H and O–H groups in total. The molecule has 0 radical (unpaired) electrons. The monoisotopic (exact) mass is 483 g/mol. The highest BCUT2D eigenvalue weighted by Crippen LogP contribution is 2.22. The van der Waals surface area contributed by atoms with Crippen molar-refractivity contribution >= 4 is 10.0 Å². The number of nitrogens with one attached hydrogen (secondary N) is 2. The summed E-state index contributed by atoms with van der Waals surface area (Å²) in [6.07, 6.45) is 1.64. The van der Waals surface area contributed by atoms with Gasteiger partial charge in [-0.1, -0.05) is 12.1 Å². The van der Waals surface area contributed by atoms with Gasteiger partial charge in [0, 0.05) is 25.4 Å². The number of rotatable bonds is 11. The average Bonchev–Trinajstić information content (AvgIpc) is 3.17. The van der Waals surface area contributed by atoms with Crippen molar-refractivity contribution in [3.8, 4) is 5.75 Å². The fraction of sp³-hybridized carbons (Fsp3) is 0.364. The van der Waals surface area contributed by atoms with Crippen LogP contribution in [0.2, 0.25) is 0 Å². The quantitative estimate of drug-likeness (QED) is 0.447. The zero-order chi connectivity index (χ0) is 24.0. The van der Waals surface area contributed by atoms with Crippen LogP contribution in [0.5, 0.6) is 5.75 Å². The van der Waals surface area contributed by atoms with Crippen LogP contribution in [0.4, 0.5) is 8.78 Å². The van der Waals surface area contributed by atoms with Gasteiger partial charge in [0.25, 0.3) is 0 Å². The highest BCUT2D eigenvalue weighted by molar-refractivity contribution is 7.88. The molecule has 0 spiro atoms. The van der Waals surface area contributed by atoms with Gasteiger partial charge in [0.15, 0.2) is 0 Å². The molecule has 1 heterocycles. The highest BCUT2D eigenvalue weighted by atomic mass is 32.2. The summed E-state index contributed by atoms with van der Waals surface area (Å²) in [6, 6.07) is 9.77. The van der Waals surface area contributed by atoms with E-state index in [1.165, 1.54) is 29.5 Å². The third-order valence-electron chi connectivity index (χ3n) is 5.04. The minimum Gasteiger partial charge on any atom is -0.497 e. The number of nitrogens with zero attached hydrogens (tertiary/aromatic N) is 1. The van der Waals surface area contributed by atoms with E-state index < -0.39 is 40.2 Å². The SMILES string of the molecule is COc1cccc(CNC[C@@H](O)[C@H](Cc2cc(F)cc(F)c2)N2C=COC2NS(C)(=O)=O)c1. The third-order valence-corrected chi connectivity index (χ3v) is 5.67. The van der Waals surface area contributed by atoms with Gasteiger partial charge in [-0.25, -0.2) is 17.2 Å². The first-order valence-electron chi connectivity index (χ1n) is 10.2. The summed E-state index contributed by atoms with van der Waals surface area (Å²) >= 11 is 0. The molecule has 1 unspecified atom stereocenters. The Kier molecular flexibility index (Phi) is 8.25. The van der Waals surface area contributed by atoms with Crippen LogP contribution in [0.15, 0.2) is 54.9 Å². The Morgan fingerprint density at radius 1 is 1.18 bits per heavy atom. The Bertz CT molecular complexity index is 1060. The first kappa shape index (κ1) is 24.9. The predicted octanol–water partition coefficient (Wildman–Crippen LogP) is 1.67. The van der Waals surface area contributed by atoms with Gasteiger partial charge in [0.1, 0.15) is 23.6 Å². The van der Waals surface area contributed by atoms with Crippen molar-refractivity contribution in [3.05, 3.63) is 77.7 Å². The second kappa shape index (κ2) is 10.9. The molecule has 0 amide bonds. The molecule has 0 aliphatic carbocycles. The Hall–Kier alpha value is -2.73. The van der Waals surface area contributed by atoms with Crippen LogP contribution < -0.4 is 14.8 Å². The molecule has 3 atom stereocenters. The molecule has 0 saturated heterocycles. The van der Waals surface area contributed by atoms with Crippen molar-refractivity contribution in [2.24, 2.45) is 0 Å². The summed E-state index contributed by atoms with van der Waals surface area (Å²) < 4.78 is 63.8. The number of sulfonamides is 1. The minimum absolute atomic E-state index is 0.0341. The lowest BCUT2D eigenvalue weighted by molar-refractivity contribution is -0.0189. The van der Waals surface area contributed by atoms with Gasteiger partial charge in [0.05, 0.1) is 25.5 Å². The fourth-order valence-corrected chi connectivity index (χ4v) is 4.12. The normalized spacial score (nSPS) is 17.6. The zero-order valence-corrected chi connectivity index (χ0v) is 19.1. The molecule has 3 rings (SSSR count). The summed E-state index contributed by atoms with van der Waals surface area (Å²) in [5.41, 5.74) is 1.24. The highest BCUT2D eigenvalue weighted by Gasteiger charge is 2.34. The standard InChI is InChI=1S/C22H27F2N3O5S/c1-31-19-5-3-4-15(10-19)13-25-14-21(28)20(11-16-8-17(23)12-18(24)9-16)27-6-7-32-22(27)26-33(2,29)30/h3-10,12,20-22,25-26,28H,11,13-14H2,1-2H3/t20-,21+,22?/m0/s1. The lowest BCUT2D eigenvalue weighted by Gasteiger charge is -2.35. The van der Waals surface area contributed by atoms with E-state index in [9.17, 15) is 22.3 Å². The number of aliphatic hydroxyl groups is 1. The van der Waals surface area contributed by atoms with Crippen molar-refractivity contribution in [1.29, 1.82) is 0 Å². The molecule has 33 heavy (non-hydrogen) atoms. The predicted molar refractivity (Wildman–Crippen MR) is 118 cm³/mol. The Morgan fingerprint density at radius 2 is 1.91 bits per heavy atom. The average molecular weight is 484 g/mol. The molecule has 2 aromatic rings. The summed E-state index contributed by atoms with van der Waals surface area (Å²) in [7, 11) is -2.06. The number of benzene rings is 2. The van der Waals surface area contributed by atoms with Gasteiger partial charge in [-0.2, -0.15) is 4.72 Å². The summed E-state index contributed by atoms with van der Waals surface area (Å²) in [5, 5.41) is 14.1. The van der Waals surface area contributed by atoms with E-state index >= 15 is 0 Å². The van der Waals surface area contributed by atoms with E-state index in [0.717, 1.165) is 17.9 Å². The molecule has 2 aromatic carbocycles. The van der Waals surface area contributed by atoms with E-state index in [1.54, 1.807) is 7.11 Å². The number of methoxy groups -OCH3 is 1. The molecular formula is C22H27F2N3O5S. The Balaban J connectivity index is 1.75. The lowest BCUT2D eigenvalue weighted by Crippen LogP contribution is -2.54. The van der Waals surface area contributed by atoms with Crippen LogP contribution in [0.1, 0.15) is 11.1 Å². The molecule has 0 saturated carbocycles. The first-order chi connectivity index (χ1) is 15.6. The van der Waals surface area contributed by atoms with E-state index in [2.05, 4.69) is 10.0 Å². The number of hydrogen-bond acceptors (Lipinski definition) is 7. The molecule has 0 bridgehead atoms. The summed E-state index contributed by atoms with van der Waals surface area (Å²) in [5.74, 6) is -0.781. The van der Waals surface area contributed by atoms with E-state index in [1.807, 2.05) is 24.3 Å². The molecular weight excluding hydrogens is 456 g/mol. The largest absolute Gasteiger partial charge is 0.497 e. The number of ether oxygens (including phenoxy) is 2. The number of halogens is 2. The number of aliphatic hydroxyl groups excluding tert-OH is 1. The van der Waals surface area contributed by atoms with Gasteiger partial charge in [-0.05, 0) is 41.8 Å². The molecule has 8 nitrogen and oxygen atoms in total. The van der Waals surface area contributed by atoms with Crippen LogP contribution >= 0.6 is 0 Å². The smallest absolute Gasteiger partial charge is 0.241 e. The topological polar surface area (TPSA) is 100 Å². The second-order valence-corrected chi connectivity index (χ2v) is 9.49. The zero-order valence-electron chi connectivity index (χ0n) is 18.2. The third kappa shape index (κ3) is 7.39. The van der Waals surface area contributed by atoms with Crippen LogP contribution in [0.3, 0.4) is 0 Å². The van der Waals surface area contributed by atoms with Gasteiger partial charge in [0.2, 0.25) is 16.4 Å². The van der Waals surface area contributed by atoms with Crippen LogP contribution in [-0.2, 0) is 27.7 Å². The van der Waals surface area contributed by atoms with E-state index in [0.29, 0.717) is 17.9 Å². The van der Waals surface area contributed by atoms with Gasteiger partial charge in [-0.3, -0.25) is 0 Å². The number of hydrogen-bond donors (Lipinski definition) is 3.